The van der Waals surface area contributed by atoms with Crippen LogP contribution in [0, 0.1) is 29.6 Å². The minimum absolute atomic E-state index is 0.0235. The highest BCUT2D eigenvalue weighted by Crippen LogP contribution is 2.43. The van der Waals surface area contributed by atoms with Crippen molar-refractivity contribution in [2.75, 3.05) is 20.3 Å². The number of aliphatic hydroxyl groups is 1. The summed E-state index contributed by atoms with van der Waals surface area (Å²) in [5.74, 6) is -3.61. The van der Waals surface area contributed by atoms with Gasteiger partial charge in [0.05, 0.1) is 105 Å². The van der Waals surface area contributed by atoms with Gasteiger partial charge in [0.2, 0.25) is 0 Å². The molecule has 6 aliphatic heterocycles. The van der Waals surface area contributed by atoms with Gasteiger partial charge in [-0.2, -0.15) is 0 Å². The Labute approximate surface area is 561 Å². The summed E-state index contributed by atoms with van der Waals surface area (Å²) in [5, 5.41) is 33.5. The van der Waals surface area contributed by atoms with Gasteiger partial charge in [-0.05, 0) is 129 Å². The van der Waals surface area contributed by atoms with Crippen molar-refractivity contribution < 1.29 is 81.0 Å². The number of hydrogen-bond acceptors (Lipinski definition) is 23. The van der Waals surface area contributed by atoms with Crippen molar-refractivity contribution >= 4 is 11.9 Å². The van der Waals surface area contributed by atoms with Gasteiger partial charge >= 0.3 is 11.9 Å². The second kappa shape index (κ2) is 37.6. The number of nitrogens with zero attached hydrogens (tertiary/aromatic N) is 18. The van der Waals surface area contributed by atoms with E-state index in [1.807, 2.05) is 58.0 Å². The summed E-state index contributed by atoms with van der Waals surface area (Å²) in [4.78, 5) is 44.0. The van der Waals surface area contributed by atoms with Crippen LogP contribution in [0.2, 0.25) is 0 Å². The maximum atomic E-state index is 13.8. The lowest BCUT2D eigenvalue weighted by atomic mass is 9.87. The number of unbranched alkanes of at least 4 members (excludes halogenated alkanes) is 2. The molecular formula is C62H90N18O17. The van der Waals surface area contributed by atoms with E-state index in [4.69, 9.17) is 71.8 Å². The molecule has 0 amide bonds. The molecule has 6 aliphatic rings. The van der Waals surface area contributed by atoms with Crippen molar-refractivity contribution in [2.45, 2.75) is 256 Å². The third-order valence-corrected chi connectivity index (χ3v) is 18.9. The summed E-state index contributed by atoms with van der Waals surface area (Å²) in [5.41, 5.74) is 58.4. The molecule has 530 valence electrons. The van der Waals surface area contributed by atoms with E-state index in [1.165, 1.54) is 7.11 Å². The van der Waals surface area contributed by atoms with E-state index in [1.54, 1.807) is 78.8 Å². The van der Waals surface area contributed by atoms with Gasteiger partial charge in [0.15, 0.2) is 37.6 Å². The Balaban J connectivity index is 0.000000995. The lowest BCUT2D eigenvalue weighted by Crippen LogP contribution is -2.65. The number of ether oxygens (including phenoxy) is 14. The molecule has 35 nitrogen and oxygen atoms in total. The molecule has 0 radical (unpaired) electrons. The summed E-state index contributed by atoms with van der Waals surface area (Å²) < 4.78 is 90.3. The predicted octanol–water partition coefficient (Wildman–Crippen LogP) is 11.8. The highest BCUT2D eigenvalue weighted by Gasteiger charge is 2.56. The second-order valence-electron chi connectivity index (χ2n) is 25.3. The lowest BCUT2D eigenvalue weighted by molar-refractivity contribution is -0.381. The molecule has 1 N–H and O–H groups in total. The summed E-state index contributed by atoms with van der Waals surface area (Å²) in [7, 11) is 1.34. The van der Waals surface area contributed by atoms with Crippen molar-refractivity contribution in [3.63, 3.8) is 0 Å². The standard InChI is InChI=1S/C55H77N15O15.C7H13N3O2/c1-27-39(61-66-56)31(5)76-51(74-25-19-13-18-24-38(71)73-10)44(27)82-53-46(29(3)41(63-68-58)33(7)78-53)84-55-49(75-26-36-20-14-11-15-21-36)48(43(65-70-60)35(9)80-55)85-54-47(30(4)42(64-69-59)34(8)79-54)83-52-45(28(2)40(62-67-57)32(6)77-52)81-50(72)37-22-16-12-17-23-37;1-4-6(11)3-12-5(2)7(4)9-10-8/h11-12,14-17,20-23,27-35,39-49,51-55H,13,18-19,24-26H2,1-10H3;4-7,11H,3H2,1-2H3/t27-,28-,29-,30-,31?,32?,33?,34?,35?,39-,40-,41-,42-,43+,44?,45?,46?,47?,48-,49?,51-,52+,53+,54+,55+;4-,5?,6?,7+/m01/s1. The smallest absolute Gasteiger partial charge is 0.338 e. The van der Waals surface area contributed by atoms with Crippen LogP contribution in [0.3, 0.4) is 0 Å². The van der Waals surface area contributed by atoms with Crippen LogP contribution in [0.15, 0.2) is 91.3 Å². The zero-order chi connectivity index (χ0) is 70.5. The predicted molar refractivity (Wildman–Crippen MR) is 343 cm³/mol. The first-order chi connectivity index (χ1) is 46.6. The number of methoxy groups -OCH3 is 1. The van der Waals surface area contributed by atoms with E-state index in [-0.39, 0.29) is 49.2 Å². The monoisotopic (exact) mass is 1360 g/mol. The fourth-order valence-corrected chi connectivity index (χ4v) is 13.2. The number of azide groups is 6. The van der Waals surface area contributed by atoms with Gasteiger partial charge in [0, 0.05) is 48.4 Å². The average Bonchev–Trinajstić information content (AvgIpc) is 0.784. The molecule has 6 heterocycles. The van der Waals surface area contributed by atoms with Crippen molar-refractivity contribution in [1.29, 1.82) is 0 Å². The SMILES string of the molecule is CC1OCC(O)[C@@H](C)[C@@H]1N=[N+]=[N-].COC(=O)CCCCCO[C@H]1OC(C)[C@@H](N=[N+]=[N-])[C@H](C)C1O[C@H]1OC(C)[C@@H](N=[N+]=[N-])[C@H](C)C1O[C@H]1OC(C)[C@@H](N=[N+]=[N-])[C@H](O[C@H]2OC(C)[C@@H](N=[N+]=[N-])[C@H](C)C2O[C@H]2OC(C)[C@@H](N=[N+]=[N-])[C@H](C)C2OC(=O)c2ccccc2)C1OCc1ccccc1. The highest BCUT2D eigenvalue weighted by molar-refractivity contribution is 5.89. The normalized spacial score (nSPS) is 38.5. The minimum Gasteiger partial charge on any atom is -0.469 e. The molecule has 8 rings (SSSR count). The Kier molecular flexibility index (Phi) is 29.9. The summed E-state index contributed by atoms with van der Waals surface area (Å²) in [6.45, 7) is 20.0. The molecule has 0 aromatic heterocycles. The number of carbonyl (C=O) groups is 2. The number of esters is 2. The third kappa shape index (κ3) is 19.8. The first kappa shape index (κ1) is 77.1. The van der Waals surface area contributed by atoms with Crippen molar-refractivity contribution in [1.82, 2.24) is 0 Å². The fraction of sp³-hybridized carbons (Fsp3) is 0.774. The van der Waals surface area contributed by atoms with Crippen LogP contribution in [0.1, 0.15) is 118 Å². The largest absolute Gasteiger partial charge is 0.469 e. The minimum atomic E-state index is -1.42. The van der Waals surface area contributed by atoms with E-state index in [0.717, 1.165) is 5.56 Å². The summed E-state index contributed by atoms with van der Waals surface area (Å²) >= 11 is 0. The van der Waals surface area contributed by atoms with Gasteiger partial charge in [-0.3, -0.25) is 4.79 Å². The lowest BCUT2D eigenvalue weighted by Gasteiger charge is -2.51. The quantitative estimate of drug-likeness (QED) is 0.0300. The molecule has 29 atom stereocenters. The zero-order valence-corrected chi connectivity index (χ0v) is 56.5. The topological polar surface area (TPSA) is 476 Å². The van der Waals surface area contributed by atoms with E-state index in [2.05, 4.69) is 60.2 Å². The Morgan fingerprint density at radius 1 is 0.454 bits per heavy atom. The van der Waals surface area contributed by atoms with Crippen LogP contribution < -0.4 is 0 Å². The van der Waals surface area contributed by atoms with Gasteiger partial charge in [-0.25, -0.2) is 4.79 Å². The van der Waals surface area contributed by atoms with Gasteiger partial charge in [-0.15, -0.1) is 0 Å². The number of rotatable bonds is 26. The molecule has 6 fully saturated rings. The number of carbonyl (C=O) groups excluding carboxylic acids is 2. The third-order valence-electron chi connectivity index (χ3n) is 18.9. The van der Waals surface area contributed by atoms with E-state index >= 15 is 0 Å². The first-order valence-corrected chi connectivity index (χ1v) is 32.7. The first-order valence-electron chi connectivity index (χ1n) is 32.7. The molecule has 6 saturated heterocycles. The number of aliphatic hydroxyl groups excluding tert-OH is 1. The Morgan fingerprint density at radius 3 is 1.30 bits per heavy atom. The molecule has 0 spiro atoms. The van der Waals surface area contributed by atoms with Crippen molar-refractivity contribution in [3.05, 3.63) is 134 Å². The molecule has 97 heavy (non-hydrogen) atoms. The summed E-state index contributed by atoms with van der Waals surface area (Å²) in [6.07, 6.45) is -16.0. The molecule has 2 aromatic rings. The summed E-state index contributed by atoms with van der Waals surface area (Å²) in [6, 6.07) is 12.9. The molecular weight excluding hydrogens is 1270 g/mol. The molecule has 0 aliphatic carbocycles. The van der Waals surface area contributed by atoms with Crippen LogP contribution in [0.25, 0.3) is 62.7 Å². The second-order valence-corrected chi connectivity index (χ2v) is 25.3. The zero-order valence-electron chi connectivity index (χ0n) is 56.5. The van der Waals surface area contributed by atoms with Gasteiger partial charge in [0.25, 0.3) is 0 Å². The molecule has 0 saturated carbocycles. The number of benzene rings is 2. The average molecular weight is 1360 g/mol. The van der Waals surface area contributed by atoms with Gasteiger partial charge in [0.1, 0.15) is 30.5 Å². The van der Waals surface area contributed by atoms with Gasteiger partial charge in [-0.1, -0.05) is 120 Å². The van der Waals surface area contributed by atoms with Crippen LogP contribution in [-0.2, 0) is 77.7 Å². The highest BCUT2D eigenvalue weighted by atomic mass is 16.8. The molecule has 2 aromatic carbocycles. The Bertz CT molecular complexity index is 3160. The van der Waals surface area contributed by atoms with Crippen molar-refractivity contribution in [3.8, 4) is 0 Å². The fourth-order valence-electron chi connectivity index (χ4n) is 13.2. The van der Waals surface area contributed by atoms with Crippen LogP contribution in [-0.4, -0.2) is 184 Å². The van der Waals surface area contributed by atoms with Gasteiger partial charge < -0.3 is 71.4 Å². The van der Waals surface area contributed by atoms with Crippen LogP contribution >= 0.6 is 0 Å². The van der Waals surface area contributed by atoms with Crippen molar-refractivity contribution in [2.24, 2.45) is 60.3 Å². The molecule has 35 heteroatoms. The molecule has 0 bridgehead atoms. The van der Waals surface area contributed by atoms with E-state index in [9.17, 15) is 42.4 Å². The van der Waals surface area contributed by atoms with Crippen LogP contribution in [0.5, 0.6) is 0 Å². The van der Waals surface area contributed by atoms with E-state index < -0.39 is 165 Å². The molecule has 12 unspecified atom stereocenters. The Morgan fingerprint density at radius 2 is 0.835 bits per heavy atom. The number of hydrogen-bond donors (Lipinski definition) is 1. The van der Waals surface area contributed by atoms with Crippen LogP contribution in [0.4, 0.5) is 0 Å². The Hall–Kier alpha value is -7.28. The van der Waals surface area contributed by atoms with E-state index in [0.29, 0.717) is 25.9 Å². The maximum absolute atomic E-state index is 13.8. The maximum Gasteiger partial charge on any atom is 0.338 e.